The third kappa shape index (κ3) is 2.00. The standard InChI is InChI=1S/C14H15ClO/c1-9(2)16-12-8-7-11-6-4-5-10(3)13(11)14(12)15/h4-9H,1-3H3. The van der Waals surface area contributed by atoms with E-state index >= 15 is 0 Å². The lowest BCUT2D eigenvalue weighted by Gasteiger charge is -2.13. The maximum absolute atomic E-state index is 6.37. The smallest absolute Gasteiger partial charge is 0.138 e. The highest BCUT2D eigenvalue weighted by molar-refractivity contribution is 6.37. The van der Waals surface area contributed by atoms with E-state index in [0.29, 0.717) is 5.02 Å². The second-order valence-electron chi connectivity index (χ2n) is 4.22. The first-order chi connectivity index (χ1) is 7.59. The molecule has 0 heterocycles. The molecule has 2 aromatic carbocycles. The van der Waals surface area contributed by atoms with Crippen LogP contribution in [-0.4, -0.2) is 6.10 Å². The van der Waals surface area contributed by atoms with Gasteiger partial charge in [0.1, 0.15) is 5.75 Å². The molecule has 0 spiro atoms. The average molecular weight is 235 g/mol. The summed E-state index contributed by atoms with van der Waals surface area (Å²) in [6.07, 6.45) is 0.138. The summed E-state index contributed by atoms with van der Waals surface area (Å²) in [6.45, 7) is 6.06. The molecule has 16 heavy (non-hydrogen) atoms. The first-order valence-electron chi connectivity index (χ1n) is 5.44. The van der Waals surface area contributed by atoms with Crippen molar-refractivity contribution in [2.75, 3.05) is 0 Å². The molecular formula is C14H15ClO. The number of benzene rings is 2. The van der Waals surface area contributed by atoms with E-state index in [2.05, 4.69) is 19.1 Å². The number of hydrogen-bond acceptors (Lipinski definition) is 1. The molecule has 84 valence electrons. The summed E-state index contributed by atoms with van der Waals surface area (Å²) in [5.41, 5.74) is 1.18. The third-order valence-corrected chi connectivity index (χ3v) is 2.89. The van der Waals surface area contributed by atoms with Gasteiger partial charge in [-0.25, -0.2) is 0 Å². The predicted molar refractivity (Wildman–Crippen MR) is 69.5 cm³/mol. The van der Waals surface area contributed by atoms with Crippen molar-refractivity contribution in [1.29, 1.82) is 0 Å². The number of fused-ring (bicyclic) bond motifs is 1. The van der Waals surface area contributed by atoms with Crippen molar-refractivity contribution in [3.8, 4) is 5.75 Å². The molecule has 2 rings (SSSR count). The van der Waals surface area contributed by atoms with Crippen LogP contribution in [0.4, 0.5) is 0 Å². The zero-order chi connectivity index (χ0) is 11.7. The Morgan fingerprint density at radius 3 is 2.56 bits per heavy atom. The van der Waals surface area contributed by atoms with Crippen LogP contribution in [-0.2, 0) is 0 Å². The SMILES string of the molecule is Cc1cccc2ccc(OC(C)C)c(Cl)c12. The van der Waals surface area contributed by atoms with Gasteiger partial charge < -0.3 is 4.74 Å². The monoisotopic (exact) mass is 234 g/mol. The van der Waals surface area contributed by atoms with Crippen LogP contribution in [0.25, 0.3) is 10.8 Å². The number of hydrogen-bond donors (Lipinski definition) is 0. The van der Waals surface area contributed by atoms with E-state index in [1.54, 1.807) is 0 Å². The zero-order valence-corrected chi connectivity index (χ0v) is 10.5. The lowest BCUT2D eigenvalue weighted by molar-refractivity contribution is 0.243. The zero-order valence-electron chi connectivity index (χ0n) is 9.75. The van der Waals surface area contributed by atoms with Crippen LogP contribution in [0.5, 0.6) is 5.75 Å². The fourth-order valence-corrected chi connectivity index (χ4v) is 2.20. The molecule has 0 aliphatic rings. The molecule has 0 N–H and O–H groups in total. The summed E-state index contributed by atoms with van der Waals surface area (Å²) < 4.78 is 5.68. The van der Waals surface area contributed by atoms with E-state index < -0.39 is 0 Å². The highest BCUT2D eigenvalue weighted by Crippen LogP contribution is 2.35. The van der Waals surface area contributed by atoms with Crippen LogP contribution < -0.4 is 4.74 Å². The van der Waals surface area contributed by atoms with Crippen LogP contribution in [0.2, 0.25) is 5.02 Å². The van der Waals surface area contributed by atoms with Crippen LogP contribution in [0.15, 0.2) is 30.3 Å². The van der Waals surface area contributed by atoms with E-state index in [1.807, 2.05) is 32.0 Å². The second kappa shape index (κ2) is 4.34. The Balaban J connectivity index is 2.64. The van der Waals surface area contributed by atoms with E-state index in [9.17, 15) is 0 Å². The van der Waals surface area contributed by atoms with Gasteiger partial charge in [0.05, 0.1) is 11.1 Å². The Bertz CT molecular complexity index is 517. The minimum Gasteiger partial charge on any atom is -0.489 e. The Morgan fingerprint density at radius 1 is 1.12 bits per heavy atom. The molecule has 0 unspecified atom stereocenters. The van der Waals surface area contributed by atoms with Crippen molar-refractivity contribution in [2.24, 2.45) is 0 Å². The van der Waals surface area contributed by atoms with E-state index in [1.165, 1.54) is 5.56 Å². The molecule has 0 saturated carbocycles. The summed E-state index contributed by atoms with van der Waals surface area (Å²) in [5.74, 6) is 0.762. The van der Waals surface area contributed by atoms with Crippen molar-refractivity contribution in [3.63, 3.8) is 0 Å². The fourth-order valence-electron chi connectivity index (χ4n) is 1.84. The molecule has 1 nitrogen and oxygen atoms in total. The maximum atomic E-state index is 6.37. The molecule has 0 radical (unpaired) electrons. The number of ether oxygens (including phenoxy) is 1. The molecule has 0 aliphatic carbocycles. The van der Waals surface area contributed by atoms with Gasteiger partial charge in [-0.15, -0.1) is 0 Å². The summed E-state index contributed by atoms with van der Waals surface area (Å²) in [4.78, 5) is 0. The molecule has 0 fully saturated rings. The molecule has 0 bridgehead atoms. The minimum absolute atomic E-state index is 0.138. The molecule has 0 aromatic heterocycles. The van der Waals surface area contributed by atoms with Gasteiger partial charge in [-0.05, 0) is 37.8 Å². The largest absolute Gasteiger partial charge is 0.489 e. The van der Waals surface area contributed by atoms with Crippen molar-refractivity contribution >= 4 is 22.4 Å². The van der Waals surface area contributed by atoms with Crippen molar-refractivity contribution in [1.82, 2.24) is 0 Å². The molecule has 0 atom stereocenters. The first-order valence-corrected chi connectivity index (χ1v) is 5.82. The quantitative estimate of drug-likeness (QED) is 0.739. The molecule has 0 aliphatic heterocycles. The van der Waals surface area contributed by atoms with Gasteiger partial charge in [-0.1, -0.05) is 35.9 Å². The number of rotatable bonds is 2. The van der Waals surface area contributed by atoms with Crippen molar-refractivity contribution in [2.45, 2.75) is 26.9 Å². The van der Waals surface area contributed by atoms with Gasteiger partial charge in [0.15, 0.2) is 0 Å². The van der Waals surface area contributed by atoms with E-state index in [0.717, 1.165) is 16.5 Å². The normalized spacial score (nSPS) is 11.1. The van der Waals surface area contributed by atoms with Crippen LogP contribution in [0, 0.1) is 6.92 Å². The van der Waals surface area contributed by atoms with Gasteiger partial charge in [-0.2, -0.15) is 0 Å². The summed E-state index contributed by atoms with van der Waals surface area (Å²) in [5, 5.41) is 2.95. The van der Waals surface area contributed by atoms with Gasteiger partial charge in [-0.3, -0.25) is 0 Å². The van der Waals surface area contributed by atoms with Crippen LogP contribution >= 0.6 is 11.6 Å². The first kappa shape index (κ1) is 11.3. The lowest BCUT2D eigenvalue weighted by atomic mass is 10.1. The van der Waals surface area contributed by atoms with Crippen LogP contribution in [0.3, 0.4) is 0 Å². The maximum Gasteiger partial charge on any atom is 0.138 e. The number of halogens is 1. The van der Waals surface area contributed by atoms with Crippen molar-refractivity contribution < 1.29 is 4.74 Å². The van der Waals surface area contributed by atoms with E-state index in [-0.39, 0.29) is 6.10 Å². The predicted octanol–water partition coefficient (Wildman–Crippen LogP) is 4.59. The fraction of sp³-hybridized carbons (Fsp3) is 0.286. The third-order valence-electron chi connectivity index (χ3n) is 2.52. The van der Waals surface area contributed by atoms with Crippen LogP contribution in [0.1, 0.15) is 19.4 Å². The Kier molecular flexibility index (Phi) is 3.06. The van der Waals surface area contributed by atoms with E-state index in [4.69, 9.17) is 16.3 Å². The highest BCUT2D eigenvalue weighted by atomic mass is 35.5. The Labute approximate surface area is 101 Å². The minimum atomic E-state index is 0.138. The molecule has 0 saturated heterocycles. The molecule has 0 amide bonds. The summed E-state index contributed by atoms with van der Waals surface area (Å²) in [7, 11) is 0. The number of aryl methyl sites for hydroxylation is 1. The Hall–Kier alpha value is -1.21. The van der Waals surface area contributed by atoms with Gasteiger partial charge in [0.25, 0.3) is 0 Å². The van der Waals surface area contributed by atoms with Gasteiger partial charge in [0.2, 0.25) is 0 Å². The topological polar surface area (TPSA) is 9.23 Å². The molecule has 2 heteroatoms. The summed E-state index contributed by atoms with van der Waals surface area (Å²) >= 11 is 6.37. The van der Waals surface area contributed by atoms with Gasteiger partial charge >= 0.3 is 0 Å². The van der Waals surface area contributed by atoms with Gasteiger partial charge in [0, 0.05) is 5.39 Å². The second-order valence-corrected chi connectivity index (χ2v) is 4.60. The molecule has 2 aromatic rings. The highest BCUT2D eigenvalue weighted by Gasteiger charge is 2.09. The summed E-state index contributed by atoms with van der Waals surface area (Å²) in [6, 6.07) is 10.1. The Morgan fingerprint density at radius 2 is 1.88 bits per heavy atom. The molecular weight excluding hydrogens is 220 g/mol. The average Bonchev–Trinajstić information content (AvgIpc) is 2.22. The lowest BCUT2D eigenvalue weighted by Crippen LogP contribution is -2.05. The van der Waals surface area contributed by atoms with Crippen molar-refractivity contribution in [3.05, 3.63) is 40.9 Å².